The lowest BCUT2D eigenvalue weighted by Crippen LogP contribution is -2.19. The van der Waals surface area contributed by atoms with Gasteiger partial charge in [0.15, 0.2) is 0 Å². The molecule has 0 spiro atoms. The normalized spacial score (nSPS) is 10.2. The van der Waals surface area contributed by atoms with Gasteiger partial charge in [-0.1, -0.05) is 13.5 Å². The quantitative estimate of drug-likeness (QED) is 0.466. The molecule has 0 rings (SSSR count). The smallest absolute Gasteiger partial charge is 0.330 e. The SMILES string of the molecule is C=C(CCCN(O)CC)C(=O)O. The van der Waals surface area contributed by atoms with Crippen LogP contribution in [0, 0.1) is 0 Å². The van der Waals surface area contributed by atoms with Gasteiger partial charge in [-0.2, -0.15) is 5.06 Å². The Morgan fingerprint density at radius 3 is 2.58 bits per heavy atom. The van der Waals surface area contributed by atoms with Gasteiger partial charge in [-0.25, -0.2) is 4.79 Å². The minimum atomic E-state index is -0.962. The number of nitrogens with zero attached hydrogens (tertiary/aromatic N) is 1. The van der Waals surface area contributed by atoms with Crippen LogP contribution in [0.3, 0.4) is 0 Å². The molecular weight excluding hydrogens is 158 g/mol. The van der Waals surface area contributed by atoms with E-state index in [2.05, 4.69) is 6.58 Å². The molecule has 0 saturated carbocycles. The maximum absolute atomic E-state index is 10.3. The zero-order valence-electron chi connectivity index (χ0n) is 7.29. The van der Waals surface area contributed by atoms with E-state index in [1.807, 2.05) is 6.92 Å². The highest BCUT2D eigenvalue weighted by atomic mass is 16.5. The van der Waals surface area contributed by atoms with Gasteiger partial charge in [0.1, 0.15) is 0 Å². The van der Waals surface area contributed by atoms with Gasteiger partial charge in [0.2, 0.25) is 0 Å². The predicted molar refractivity (Wildman–Crippen MR) is 45.0 cm³/mol. The van der Waals surface area contributed by atoms with E-state index in [0.717, 1.165) is 5.06 Å². The van der Waals surface area contributed by atoms with Crippen LogP contribution in [0.15, 0.2) is 12.2 Å². The van der Waals surface area contributed by atoms with E-state index in [1.54, 1.807) is 0 Å². The van der Waals surface area contributed by atoms with Crippen molar-refractivity contribution in [1.29, 1.82) is 0 Å². The van der Waals surface area contributed by atoms with E-state index in [4.69, 9.17) is 10.3 Å². The van der Waals surface area contributed by atoms with Crippen LogP contribution in [0.4, 0.5) is 0 Å². The van der Waals surface area contributed by atoms with Crippen molar-refractivity contribution in [2.24, 2.45) is 0 Å². The van der Waals surface area contributed by atoms with E-state index in [9.17, 15) is 4.79 Å². The highest BCUT2D eigenvalue weighted by Gasteiger charge is 2.03. The van der Waals surface area contributed by atoms with Gasteiger partial charge in [0.25, 0.3) is 0 Å². The van der Waals surface area contributed by atoms with Crippen molar-refractivity contribution in [2.75, 3.05) is 13.1 Å². The fourth-order valence-corrected chi connectivity index (χ4v) is 0.740. The van der Waals surface area contributed by atoms with E-state index in [-0.39, 0.29) is 5.57 Å². The van der Waals surface area contributed by atoms with Gasteiger partial charge in [0.05, 0.1) is 0 Å². The molecule has 0 radical (unpaired) electrons. The molecule has 0 saturated heterocycles. The number of rotatable bonds is 6. The highest BCUT2D eigenvalue weighted by Crippen LogP contribution is 2.02. The number of hydrogen-bond donors (Lipinski definition) is 2. The first-order chi connectivity index (χ1) is 5.57. The first-order valence-corrected chi connectivity index (χ1v) is 3.92. The summed E-state index contributed by atoms with van der Waals surface area (Å²) in [5.74, 6) is -0.962. The number of aliphatic carboxylic acids is 1. The molecule has 0 atom stereocenters. The number of carboxylic acids is 1. The van der Waals surface area contributed by atoms with E-state index in [1.165, 1.54) is 0 Å². The minimum absolute atomic E-state index is 0.194. The molecule has 0 heterocycles. The third-order valence-corrected chi connectivity index (χ3v) is 1.56. The Kier molecular flexibility index (Phi) is 5.32. The summed E-state index contributed by atoms with van der Waals surface area (Å²) in [4.78, 5) is 10.3. The fourth-order valence-electron chi connectivity index (χ4n) is 0.740. The molecule has 0 unspecified atom stereocenters. The Hall–Kier alpha value is -0.870. The van der Waals surface area contributed by atoms with Crippen LogP contribution in [0.25, 0.3) is 0 Å². The lowest BCUT2D eigenvalue weighted by molar-refractivity contribution is -0.132. The van der Waals surface area contributed by atoms with Crippen LogP contribution in [-0.2, 0) is 4.79 Å². The van der Waals surface area contributed by atoms with Gasteiger partial charge in [0, 0.05) is 18.7 Å². The average molecular weight is 173 g/mol. The topological polar surface area (TPSA) is 60.8 Å². The summed E-state index contributed by atoms with van der Waals surface area (Å²) in [5.41, 5.74) is 0.194. The van der Waals surface area contributed by atoms with Gasteiger partial charge in [-0.3, -0.25) is 0 Å². The van der Waals surface area contributed by atoms with Crippen molar-refractivity contribution < 1.29 is 15.1 Å². The maximum atomic E-state index is 10.3. The third kappa shape index (κ3) is 4.87. The van der Waals surface area contributed by atoms with Crippen LogP contribution in [0.5, 0.6) is 0 Å². The van der Waals surface area contributed by atoms with Crippen LogP contribution >= 0.6 is 0 Å². The summed E-state index contributed by atoms with van der Waals surface area (Å²) in [6.45, 7) is 6.25. The molecule has 0 aromatic rings. The van der Waals surface area contributed by atoms with Crippen LogP contribution in [0.2, 0.25) is 0 Å². The average Bonchev–Trinajstić information content (AvgIpc) is 2.03. The molecule has 0 aromatic heterocycles. The van der Waals surface area contributed by atoms with Crippen molar-refractivity contribution in [3.05, 3.63) is 12.2 Å². The zero-order chi connectivity index (χ0) is 9.56. The van der Waals surface area contributed by atoms with Crippen LogP contribution < -0.4 is 0 Å². The molecule has 0 aromatic carbocycles. The second-order valence-electron chi connectivity index (χ2n) is 2.56. The predicted octanol–water partition coefficient (Wildman–Crippen LogP) is 1.12. The van der Waals surface area contributed by atoms with E-state index < -0.39 is 5.97 Å². The summed E-state index contributed by atoms with van der Waals surface area (Å²) in [5, 5.41) is 18.5. The summed E-state index contributed by atoms with van der Waals surface area (Å²) in [7, 11) is 0. The Bertz CT molecular complexity index is 168. The highest BCUT2D eigenvalue weighted by molar-refractivity contribution is 5.85. The van der Waals surface area contributed by atoms with Crippen molar-refractivity contribution in [3.8, 4) is 0 Å². The molecule has 12 heavy (non-hydrogen) atoms. The molecule has 4 nitrogen and oxygen atoms in total. The van der Waals surface area contributed by atoms with Gasteiger partial charge in [-0.15, -0.1) is 0 Å². The maximum Gasteiger partial charge on any atom is 0.330 e. The molecule has 70 valence electrons. The van der Waals surface area contributed by atoms with Crippen LogP contribution in [0.1, 0.15) is 19.8 Å². The lowest BCUT2D eigenvalue weighted by atomic mass is 10.2. The molecule has 0 fully saturated rings. The van der Waals surface area contributed by atoms with Gasteiger partial charge >= 0.3 is 5.97 Å². The van der Waals surface area contributed by atoms with Crippen LogP contribution in [-0.4, -0.2) is 34.4 Å². The van der Waals surface area contributed by atoms with Gasteiger partial charge < -0.3 is 10.3 Å². The first-order valence-electron chi connectivity index (χ1n) is 3.92. The molecule has 0 amide bonds. The number of hydroxylamine groups is 2. The fraction of sp³-hybridized carbons (Fsp3) is 0.625. The molecule has 2 N–H and O–H groups in total. The number of carboxylic acid groups (broad SMARTS) is 1. The molecule has 0 aliphatic heterocycles. The monoisotopic (exact) mass is 173 g/mol. The third-order valence-electron chi connectivity index (χ3n) is 1.56. The first kappa shape index (κ1) is 11.1. The second-order valence-corrected chi connectivity index (χ2v) is 2.56. The molecule has 4 heteroatoms. The van der Waals surface area contributed by atoms with Crippen molar-refractivity contribution in [1.82, 2.24) is 5.06 Å². The molecule has 0 aliphatic carbocycles. The molecular formula is C8H15NO3. The van der Waals surface area contributed by atoms with Crippen molar-refractivity contribution in [3.63, 3.8) is 0 Å². The minimum Gasteiger partial charge on any atom is -0.478 e. The second kappa shape index (κ2) is 5.74. The summed E-state index contributed by atoms with van der Waals surface area (Å²) in [6, 6.07) is 0. The van der Waals surface area contributed by atoms with Gasteiger partial charge in [-0.05, 0) is 12.8 Å². The largest absolute Gasteiger partial charge is 0.478 e. The summed E-state index contributed by atoms with van der Waals surface area (Å²) < 4.78 is 0. The van der Waals surface area contributed by atoms with E-state index in [0.29, 0.717) is 25.9 Å². The van der Waals surface area contributed by atoms with Crippen molar-refractivity contribution >= 4 is 5.97 Å². The Balaban J connectivity index is 3.44. The standard InChI is InChI=1S/C8H15NO3/c1-3-9(12)6-4-5-7(2)8(10)11/h12H,2-6H2,1H3,(H,10,11). The van der Waals surface area contributed by atoms with Crippen molar-refractivity contribution in [2.45, 2.75) is 19.8 Å². The Morgan fingerprint density at radius 2 is 2.17 bits per heavy atom. The number of hydrogen-bond acceptors (Lipinski definition) is 3. The lowest BCUT2D eigenvalue weighted by Gasteiger charge is -2.10. The molecule has 0 aliphatic rings. The number of carbonyl (C=O) groups is 1. The Morgan fingerprint density at radius 1 is 1.58 bits per heavy atom. The Labute approximate surface area is 72.1 Å². The summed E-state index contributed by atoms with van der Waals surface area (Å²) >= 11 is 0. The van der Waals surface area contributed by atoms with E-state index >= 15 is 0 Å². The molecule has 0 bridgehead atoms. The summed E-state index contributed by atoms with van der Waals surface area (Å²) in [6.07, 6.45) is 1.04. The zero-order valence-corrected chi connectivity index (χ0v) is 7.29.